The molecule has 0 bridgehead atoms. The molecule has 0 radical (unpaired) electrons. The third kappa shape index (κ3) is 4.09. The predicted octanol–water partition coefficient (Wildman–Crippen LogP) is 3.77. The van der Waals surface area contributed by atoms with Crippen molar-refractivity contribution in [3.8, 4) is 0 Å². The monoisotopic (exact) mass is 344 g/mol. The highest BCUT2D eigenvalue weighted by Gasteiger charge is 2.32. The Hall–Kier alpha value is -0.290. The number of rotatable bonds is 6. The lowest BCUT2D eigenvalue weighted by molar-refractivity contribution is 0.405. The Morgan fingerprint density at radius 3 is 2.84 bits per heavy atom. The molecule has 0 atom stereocenters. The Balaban J connectivity index is 2.04. The third-order valence-corrected chi connectivity index (χ3v) is 6.15. The van der Waals surface area contributed by atoms with Gasteiger partial charge in [0.25, 0.3) is 5.56 Å². The predicted molar refractivity (Wildman–Crippen MR) is 84.3 cm³/mol. The van der Waals surface area contributed by atoms with Crippen LogP contribution in [0.1, 0.15) is 44.7 Å². The molecule has 1 heterocycles. The van der Waals surface area contributed by atoms with Gasteiger partial charge in [0.05, 0.1) is 0 Å². The lowest BCUT2D eigenvalue weighted by atomic mass is 9.92. The number of halogens is 1. The number of hydrogen-bond acceptors (Lipinski definition) is 3. The minimum Gasteiger partial charge on any atom is -0.301 e. The Morgan fingerprint density at radius 1 is 1.47 bits per heavy atom. The van der Waals surface area contributed by atoms with Crippen molar-refractivity contribution in [2.24, 2.45) is 5.41 Å². The van der Waals surface area contributed by atoms with Crippen LogP contribution < -0.4 is 5.56 Å². The quantitative estimate of drug-likeness (QED) is 0.485. The highest BCUT2D eigenvalue weighted by Crippen LogP contribution is 2.42. The number of nitrogens with one attached hydrogen (secondary N) is 1. The van der Waals surface area contributed by atoms with Crippen LogP contribution >= 0.6 is 27.7 Å². The van der Waals surface area contributed by atoms with Gasteiger partial charge in [-0.3, -0.25) is 4.79 Å². The summed E-state index contributed by atoms with van der Waals surface area (Å²) in [6.07, 6.45) is 7.11. The minimum atomic E-state index is -0.0275. The molecule has 1 aromatic heterocycles. The summed E-state index contributed by atoms with van der Waals surface area (Å²) in [6.45, 7) is 2.11. The SMILES string of the molecule is CCCc1cc(=O)[nH]c(SCC2(CBr)CCCC2)n1. The number of alkyl halides is 1. The molecule has 106 valence electrons. The van der Waals surface area contributed by atoms with E-state index in [-0.39, 0.29) is 5.56 Å². The van der Waals surface area contributed by atoms with E-state index in [1.54, 1.807) is 17.8 Å². The fourth-order valence-corrected chi connectivity index (χ4v) is 4.81. The van der Waals surface area contributed by atoms with E-state index in [2.05, 4.69) is 32.8 Å². The zero-order valence-corrected chi connectivity index (χ0v) is 13.8. The maximum Gasteiger partial charge on any atom is 0.251 e. The molecule has 1 N–H and O–H groups in total. The molecule has 19 heavy (non-hydrogen) atoms. The molecule has 1 aromatic rings. The first-order valence-electron chi connectivity index (χ1n) is 6.96. The first-order chi connectivity index (χ1) is 9.17. The molecule has 0 aliphatic heterocycles. The standard InChI is InChI=1S/C14H21BrN2OS/c1-2-5-11-8-12(18)17-13(16-11)19-10-14(9-15)6-3-4-7-14/h8H,2-7,9-10H2,1H3,(H,16,17,18). The van der Waals surface area contributed by atoms with Crippen LogP contribution in [0.25, 0.3) is 0 Å². The van der Waals surface area contributed by atoms with Crippen molar-refractivity contribution in [3.63, 3.8) is 0 Å². The molecule has 0 saturated heterocycles. The average Bonchev–Trinajstić information content (AvgIpc) is 2.86. The molecule has 0 unspecified atom stereocenters. The van der Waals surface area contributed by atoms with Gasteiger partial charge >= 0.3 is 0 Å². The van der Waals surface area contributed by atoms with E-state index in [9.17, 15) is 4.79 Å². The van der Waals surface area contributed by atoms with Crippen molar-refractivity contribution < 1.29 is 0 Å². The lowest BCUT2D eigenvalue weighted by Crippen LogP contribution is -2.22. The maximum atomic E-state index is 11.6. The number of H-pyrrole nitrogens is 1. The fourth-order valence-electron chi connectivity index (χ4n) is 2.60. The van der Waals surface area contributed by atoms with Crippen molar-refractivity contribution in [1.82, 2.24) is 9.97 Å². The molecule has 1 aliphatic rings. The Kier molecular flexibility index (Phi) is 5.51. The van der Waals surface area contributed by atoms with Gasteiger partial charge in [-0.25, -0.2) is 4.98 Å². The average molecular weight is 345 g/mol. The summed E-state index contributed by atoms with van der Waals surface area (Å²) >= 11 is 5.35. The van der Waals surface area contributed by atoms with Gasteiger partial charge in [-0.05, 0) is 24.7 Å². The number of thioether (sulfide) groups is 1. The van der Waals surface area contributed by atoms with E-state index in [1.165, 1.54) is 25.7 Å². The molecule has 0 spiro atoms. The van der Waals surface area contributed by atoms with Gasteiger partial charge in [-0.2, -0.15) is 0 Å². The van der Waals surface area contributed by atoms with Crippen LogP contribution in [0.5, 0.6) is 0 Å². The molecule has 1 fully saturated rings. The summed E-state index contributed by atoms with van der Waals surface area (Å²) in [4.78, 5) is 19.0. The normalized spacial score (nSPS) is 17.8. The molecule has 5 heteroatoms. The molecular weight excluding hydrogens is 324 g/mol. The van der Waals surface area contributed by atoms with Crippen LogP contribution in [0.15, 0.2) is 16.0 Å². The maximum absolute atomic E-state index is 11.6. The van der Waals surface area contributed by atoms with Crippen LogP contribution in [0.4, 0.5) is 0 Å². The number of aryl methyl sites for hydroxylation is 1. The zero-order valence-electron chi connectivity index (χ0n) is 11.4. The summed E-state index contributed by atoms with van der Waals surface area (Å²) < 4.78 is 0. The molecule has 1 aliphatic carbocycles. The molecule has 0 aromatic carbocycles. The van der Waals surface area contributed by atoms with Crippen LogP contribution in [-0.2, 0) is 6.42 Å². The van der Waals surface area contributed by atoms with Crippen molar-refractivity contribution in [1.29, 1.82) is 0 Å². The number of nitrogens with zero attached hydrogens (tertiary/aromatic N) is 1. The smallest absolute Gasteiger partial charge is 0.251 e. The highest BCUT2D eigenvalue weighted by atomic mass is 79.9. The second-order valence-corrected chi connectivity index (χ2v) is 6.95. The van der Waals surface area contributed by atoms with Gasteiger partial charge in [-0.1, -0.05) is 53.9 Å². The summed E-state index contributed by atoms with van der Waals surface area (Å²) in [5.41, 5.74) is 1.28. The highest BCUT2D eigenvalue weighted by molar-refractivity contribution is 9.09. The van der Waals surface area contributed by atoms with E-state index in [0.717, 1.165) is 34.8 Å². The molecule has 3 nitrogen and oxygen atoms in total. The topological polar surface area (TPSA) is 45.8 Å². The van der Waals surface area contributed by atoms with E-state index < -0.39 is 0 Å². The molecular formula is C14H21BrN2OS. The van der Waals surface area contributed by atoms with Gasteiger partial charge < -0.3 is 4.98 Å². The fraction of sp³-hybridized carbons (Fsp3) is 0.714. The van der Waals surface area contributed by atoms with Crippen LogP contribution in [-0.4, -0.2) is 21.1 Å². The molecule has 2 rings (SSSR count). The van der Waals surface area contributed by atoms with E-state index >= 15 is 0 Å². The Labute approximate surface area is 127 Å². The zero-order chi connectivity index (χ0) is 13.7. The largest absolute Gasteiger partial charge is 0.301 e. The van der Waals surface area contributed by atoms with Gasteiger partial charge in [0.15, 0.2) is 5.16 Å². The molecule has 1 saturated carbocycles. The van der Waals surface area contributed by atoms with Gasteiger partial charge in [0.1, 0.15) is 0 Å². The van der Waals surface area contributed by atoms with Crippen molar-refractivity contribution in [3.05, 3.63) is 22.1 Å². The van der Waals surface area contributed by atoms with E-state index in [4.69, 9.17) is 0 Å². The Bertz CT molecular complexity index is 469. The minimum absolute atomic E-state index is 0.0275. The summed E-state index contributed by atoms with van der Waals surface area (Å²) in [5, 5.41) is 1.83. The van der Waals surface area contributed by atoms with Gasteiger partial charge in [-0.15, -0.1) is 0 Å². The van der Waals surface area contributed by atoms with E-state index in [1.807, 2.05) is 0 Å². The second-order valence-electron chi connectivity index (χ2n) is 5.42. The first-order valence-corrected chi connectivity index (χ1v) is 9.07. The third-order valence-electron chi connectivity index (χ3n) is 3.74. The number of aromatic amines is 1. The van der Waals surface area contributed by atoms with Gasteiger partial charge in [0.2, 0.25) is 0 Å². The Morgan fingerprint density at radius 2 is 2.21 bits per heavy atom. The number of hydrogen-bond donors (Lipinski definition) is 1. The summed E-state index contributed by atoms with van der Waals surface area (Å²) in [6, 6.07) is 1.61. The van der Waals surface area contributed by atoms with Crippen LogP contribution in [0, 0.1) is 5.41 Å². The van der Waals surface area contributed by atoms with Crippen molar-refractivity contribution in [2.45, 2.75) is 50.6 Å². The van der Waals surface area contributed by atoms with Crippen molar-refractivity contribution in [2.75, 3.05) is 11.1 Å². The van der Waals surface area contributed by atoms with Crippen LogP contribution in [0.2, 0.25) is 0 Å². The first kappa shape index (κ1) is 15.1. The van der Waals surface area contributed by atoms with Crippen molar-refractivity contribution >= 4 is 27.7 Å². The van der Waals surface area contributed by atoms with Gasteiger partial charge in [0, 0.05) is 22.8 Å². The molecule has 0 amide bonds. The second kappa shape index (κ2) is 6.93. The van der Waals surface area contributed by atoms with E-state index in [0.29, 0.717) is 5.41 Å². The number of aromatic nitrogens is 2. The lowest BCUT2D eigenvalue weighted by Gasteiger charge is -2.25. The summed E-state index contributed by atoms with van der Waals surface area (Å²) in [7, 11) is 0. The summed E-state index contributed by atoms with van der Waals surface area (Å²) in [5.74, 6) is 1.04. The van der Waals surface area contributed by atoms with Crippen LogP contribution in [0.3, 0.4) is 0 Å².